The van der Waals surface area contributed by atoms with Gasteiger partial charge in [0, 0.05) is 37.9 Å². The van der Waals surface area contributed by atoms with Crippen LogP contribution in [0, 0.1) is 10.1 Å². The molecule has 0 fully saturated rings. The number of hydrogen-bond donors (Lipinski definition) is 0. The molecule has 0 unspecified atom stereocenters. The molecule has 0 aliphatic heterocycles. The number of hydrogen-bond acceptors (Lipinski definition) is 4. The van der Waals surface area contributed by atoms with Gasteiger partial charge in [-0.2, -0.15) is 0 Å². The van der Waals surface area contributed by atoms with Crippen molar-refractivity contribution in [2.45, 2.75) is 12.4 Å². The third kappa shape index (κ3) is 3.24. The lowest BCUT2D eigenvalue weighted by molar-refractivity contribution is -0.384. The van der Waals surface area contributed by atoms with Gasteiger partial charge < -0.3 is 4.90 Å². The molecule has 0 aliphatic carbocycles. The zero-order valence-corrected chi connectivity index (χ0v) is 11.7. The normalized spacial score (nSPS) is 10.3. The van der Waals surface area contributed by atoms with Gasteiger partial charge in [-0.3, -0.25) is 15.1 Å². The zero-order chi connectivity index (χ0) is 14.5. The number of alkyl halides is 1. The van der Waals surface area contributed by atoms with Crippen LogP contribution >= 0.6 is 11.6 Å². The lowest BCUT2D eigenvalue weighted by Gasteiger charge is -2.19. The van der Waals surface area contributed by atoms with E-state index in [0.717, 1.165) is 11.1 Å². The number of aromatic nitrogens is 1. The predicted molar refractivity (Wildman–Crippen MR) is 79.0 cm³/mol. The van der Waals surface area contributed by atoms with Gasteiger partial charge >= 0.3 is 0 Å². The van der Waals surface area contributed by atoms with E-state index >= 15 is 0 Å². The van der Waals surface area contributed by atoms with Gasteiger partial charge in [-0.25, -0.2) is 0 Å². The fourth-order valence-corrected chi connectivity index (χ4v) is 2.13. The second-order valence-electron chi connectivity index (χ2n) is 4.43. The smallest absolute Gasteiger partial charge is 0.292 e. The van der Waals surface area contributed by atoms with Crippen LogP contribution in [-0.2, 0) is 12.4 Å². The molecule has 2 rings (SSSR count). The van der Waals surface area contributed by atoms with Crippen LogP contribution in [0.4, 0.5) is 11.4 Å². The number of nitrogens with zero attached hydrogens (tertiary/aromatic N) is 3. The van der Waals surface area contributed by atoms with Crippen molar-refractivity contribution in [3.05, 3.63) is 64.0 Å². The van der Waals surface area contributed by atoms with Crippen LogP contribution in [0.5, 0.6) is 0 Å². The minimum Gasteiger partial charge on any atom is -0.365 e. The highest BCUT2D eigenvalue weighted by atomic mass is 35.5. The van der Waals surface area contributed by atoms with Crippen LogP contribution in [0.15, 0.2) is 42.7 Å². The largest absolute Gasteiger partial charge is 0.365 e. The van der Waals surface area contributed by atoms with Crippen LogP contribution < -0.4 is 4.90 Å². The summed E-state index contributed by atoms with van der Waals surface area (Å²) >= 11 is 5.72. The van der Waals surface area contributed by atoms with E-state index < -0.39 is 0 Å². The molecule has 0 atom stereocenters. The van der Waals surface area contributed by atoms with Crippen molar-refractivity contribution in [1.82, 2.24) is 4.98 Å². The fraction of sp³-hybridized carbons (Fsp3) is 0.214. The Labute approximate surface area is 122 Å². The second-order valence-corrected chi connectivity index (χ2v) is 4.69. The summed E-state index contributed by atoms with van der Waals surface area (Å²) in [4.78, 5) is 16.6. The maximum atomic E-state index is 11.2. The average Bonchev–Trinajstić information content (AvgIpc) is 2.47. The Hall–Kier alpha value is -2.14. The van der Waals surface area contributed by atoms with Crippen LogP contribution in [0.2, 0.25) is 0 Å². The molecule has 1 aromatic carbocycles. The Morgan fingerprint density at radius 2 is 1.95 bits per heavy atom. The molecule has 104 valence electrons. The molecular weight excluding hydrogens is 278 g/mol. The third-order valence-electron chi connectivity index (χ3n) is 2.97. The van der Waals surface area contributed by atoms with Crippen molar-refractivity contribution in [2.24, 2.45) is 0 Å². The van der Waals surface area contributed by atoms with Crippen molar-refractivity contribution in [1.29, 1.82) is 0 Å². The molecule has 6 heteroatoms. The molecule has 1 aromatic heterocycles. The van der Waals surface area contributed by atoms with Crippen LogP contribution in [0.3, 0.4) is 0 Å². The average molecular weight is 292 g/mol. The Balaban J connectivity index is 2.29. The predicted octanol–water partition coefficient (Wildman–Crippen LogP) is 3.37. The molecule has 5 nitrogen and oxygen atoms in total. The van der Waals surface area contributed by atoms with Crippen LogP contribution in [0.1, 0.15) is 11.1 Å². The van der Waals surface area contributed by atoms with Crippen LogP contribution in [0.25, 0.3) is 0 Å². The summed E-state index contributed by atoms with van der Waals surface area (Å²) in [6.07, 6.45) is 3.41. The summed E-state index contributed by atoms with van der Waals surface area (Å²) in [5, 5.41) is 11.2. The number of halogens is 1. The maximum absolute atomic E-state index is 11.2. The van der Waals surface area contributed by atoms with E-state index in [2.05, 4.69) is 4.98 Å². The highest BCUT2D eigenvalue weighted by Gasteiger charge is 2.17. The first-order valence-electron chi connectivity index (χ1n) is 6.05. The first kappa shape index (κ1) is 14.3. The molecule has 0 radical (unpaired) electrons. The van der Waals surface area contributed by atoms with E-state index in [-0.39, 0.29) is 16.5 Å². The Kier molecular flexibility index (Phi) is 4.53. The van der Waals surface area contributed by atoms with Gasteiger partial charge in [-0.15, -0.1) is 11.6 Å². The van der Waals surface area contributed by atoms with E-state index in [9.17, 15) is 10.1 Å². The number of nitro groups is 1. The maximum Gasteiger partial charge on any atom is 0.292 e. The summed E-state index contributed by atoms with van der Waals surface area (Å²) in [7, 11) is 1.82. The number of pyridine rings is 1. The van der Waals surface area contributed by atoms with Crippen molar-refractivity contribution in [2.75, 3.05) is 11.9 Å². The summed E-state index contributed by atoms with van der Waals surface area (Å²) < 4.78 is 0. The zero-order valence-electron chi connectivity index (χ0n) is 11.0. The van der Waals surface area contributed by atoms with Crippen molar-refractivity contribution < 1.29 is 4.92 Å². The van der Waals surface area contributed by atoms with E-state index in [1.807, 2.05) is 24.1 Å². The molecule has 0 aliphatic rings. The van der Waals surface area contributed by atoms with Crippen molar-refractivity contribution >= 4 is 23.0 Å². The quantitative estimate of drug-likeness (QED) is 0.481. The van der Waals surface area contributed by atoms with Gasteiger partial charge in [-0.1, -0.05) is 6.07 Å². The van der Waals surface area contributed by atoms with Crippen molar-refractivity contribution in [3.8, 4) is 0 Å². The Bertz CT molecular complexity index is 605. The minimum absolute atomic E-state index is 0.0692. The first-order chi connectivity index (χ1) is 9.61. The SMILES string of the molecule is CN(Cc1ccncc1)c1ccc(CCl)cc1[N+](=O)[O-]. The van der Waals surface area contributed by atoms with Crippen molar-refractivity contribution in [3.63, 3.8) is 0 Å². The number of benzene rings is 1. The monoisotopic (exact) mass is 291 g/mol. The number of nitro benzene ring substituents is 1. The third-order valence-corrected chi connectivity index (χ3v) is 3.28. The van der Waals surface area contributed by atoms with Crippen LogP contribution in [-0.4, -0.2) is 17.0 Å². The standard InChI is InChI=1S/C14H14ClN3O2/c1-17(10-11-4-6-16-7-5-11)13-3-2-12(9-15)8-14(13)18(19)20/h2-8H,9-10H2,1H3. The van der Waals surface area contributed by atoms with Gasteiger partial charge in [0.15, 0.2) is 0 Å². The van der Waals surface area contributed by atoms with Gasteiger partial charge in [0.05, 0.1) is 4.92 Å². The lowest BCUT2D eigenvalue weighted by atomic mass is 10.1. The van der Waals surface area contributed by atoms with Gasteiger partial charge in [0.2, 0.25) is 0 Å². The Morgan fingerprint density at radius 1 is 1.25 bits per heavy atom. The number of rotatable bonds is 5. The molecule has 1 heterocycles. The molecule has 0 saturated heterocycles. The molecule has 20 heavy (non-hydrogen) atoms. The summed E-state index contributed by atoms with van der Waals surface area (Å²) in [6, 6.07) is 8.83. The first-order valence-corrected chi connectivity index (χ1v) is 6.58. The van der Waals surface area contributed by atoms with Gasteiger partial charge in [0.1, 0.15) is 5.69 Å². The number of anilines is 1. The van der Waals surface area contributed by atoms with E-state index in [1.54, 1.807) is 24.5 Å². The van der Waals surface area contributed by atoms with E-state index in [4.69, 9.17) is 11.6 Å². The molecule has 0 amide bonds. The topological polar surface area (TPSA) is 59.3 Å². The minimum atomic E-state index is -0.381. The summed E-state index contributed by atoms with van der Waals surface area (Å²) in [5.41, 5.74) is 2.41. The molecule has 2 aromatic rings. The molecule has 0 N–H and O–H groups in total. The second kappa shape index (κ2) is 6.34. The summed E-state index contributed by atoms with van der Waals surface area (Å²) in [5.74, 6) is 0.259. The highest BCUT2D eigenvalue weighted by molar-refractivity contribution is 6.17. The van der Waals surface area contributed by atoms with E-state index in [1.165, 1.54) is 6.07 Å². The molecular formula is C14H14ClN3O2. The molecule has 0 saturated carbocycles. The Morgan fingerprint density at radius 3 is 2.55 bits per heavy atom. The summed E-state index contributed by atoms with van der Waals surface area (Å²) in [6.45, 7) is 0.573. The molecule has 0 bridgehead atoms. The fourth-order valence-electron chi connectivity index (χ4n) is 1.97. The van der Waals surface area contributed by atoms with Gasteiger partial charge in [0.25, 0.3) is 5.69 Å². The highest BCUT2D eigenvalue weighted by Crippen LogP contribution is 2.29. The van der Waals surface area contributed by atoms with E-state index in [0.29, 0.717) is 12.2 Å². The lowest BCUT2D eigenvalue weighted by Crippen LogP contribution is -2.17. The molecule has 0 spiro atoms. The van der Waals surface area contributed by atoms with Gasteiger partial charge in [-0.05, 0) is 29.3 Å².